The molecule has 6 N–H and O–H groups in total. The molecule has 244 valence electrons. The van der Waals surface area contributed by atoms with Gasteiger partial charge in [-0.05, 0) is 74.5 Å². The quantitative estimate of drug-likeness (QED) is 0.0520. The van der Waals surface area contributed by atoms with Gasteiger partial charge < -0.3 is 35.9 Å². The van der Waals surface area contributed by atoms with Crippen LogP contribution in [0.1, 0.15) is 23.1 Å². The number of benzene rings is 4. The van der Waals surface area contributed by atoms with Crippen LogP contribution < -0.4 is 25.7 Å². The van der Waals surface area contributed by atoms with E-state index in [0.717, 1.165) is 51.0 Å². The fourth-order valence-corrected chi connectivity index (χ4v) is 5.69. The number of anilines is 1. The van der Waals surface area contributed by atoms with Crippen molar-refractivity contribution in [3.05, 3.63) is 104 Å². The molecule has 12 heteroatoms. The van der Waals surface area contributed by atoms with E-state index < -0.39 is 0 Å². The summed E-state index contributed by atoms with van der Waals surface area (Å²) in [5.41, 5.74) is 16.6. The van der Waals surface area contributed by atoms with E-state index in [-0.39, 0.29) is 44.3 Å². The molecule has 0 aliphatic rings. The van der Waals surface area contributed by atoms with Crippen LogP contribution in [0.2, 0.25) is 5.02 Å². The Labute approximate surface area is 281 Å². The molecule has 0 aromatic heterocycles. The highest BCUT2D eigenvalue weighted by Gasteiger charge is 2.14. The van der Waals surface area contributed by atoms with E-state index in [9.17, 15) is 15.1 Å². The van der Waals surface area contributed by atoms with E-state index in [1.54, 1.807) is 30.3 Å². The summed E-state index contributed by atoms with van der Waals surface area (Å²) in [5.74, 6) is 1.72. The largest absolute Gasteiger partial charge is 0.494 e. The van der Waals surface area contributed by atoms with Crippen molar-refractivity contribution in [1.29, 1.82) is 0 Å². The molecular weight excluding hydrogens is 676 g/mol. The number of ether oxygens (including phenoxy) is 3. The van der Waals surface area contributed by atoms with Gasteiger partial charge in [-0.2, -0.15) is 0 Å². The highest BCUT2D eigenvalue weighted by atomic mass is 79.9. The van der Waals surface area contributed by atoms with E-state index in [4.69, 9.17) is 37.3 Å². The molecule has 0 radical (unpaired) electrons. The molecule has 0 heterocycles. The molecule has 0 saturated heterocycles. The summed E-state index contributed by atoms with van der Waals surface area (Å²) in [6.45, 7) is 3.05. The van der Waals surface area contributed by atoms with Gasteiger partial charge in [0.05, 0.1) is 30.5 Å². The van der Waals surface area contributed by atoms with Gasteiger partial charge in [-0.3, -0.25) is 4.90 Å². The number of nitrogens with zero attached hydrogens (tertiary/aromatic N) is 2. The predicted molar refractivity (Wildman–Crippen MR) is 185 cm³/mol. The zero-order valence-corrected chi connectivity index (χ0v) is 27.7. The Morgan fingerprint density at radius 3 is 2.33 bits per heavy atom. The van der Waals surface area contributed by atoms with Gasteiger partial charge in [0.1, 0.15) is 36.1 Å². The third kappa shape index (κ3) is 9.65. The Kier molecular flexibility index (Phi) is 13.6. The lowest BCUT2D eigenvalue weighted by molar-refractivity contribution is 0.153. The molecule has 10 nitrogen and oxygen atoms in total. The highest BCUT2D eigenvalue weighted by molar-refractivity contribution is 9.10. The van der Waals surface area contributed by atoms with Crippen molar-refractivity contribution in [2.75, 3.05) is 45.2 Å². The van der Waals surface area contributed by atoms with E-state index >= 15 is 0 Å². The second kappa shape index (κ2) is 17.8. The molecule has 4 rings (SSSR count). The summed E-state index contributed by atoms with van der Waals surface area (Å²) in [5, 5.41) is 21.7. The molecule has 0 bridgehead atoms. The average molecular weight is 714 g/mol. The van der Waals surface area contributed by atoms with Crippen molar-refractivity contribution in [1.82, 2.24) is 4.90 Å². The maximum absolute atomic E-state index is 10.8. The molecule has 0 aliphatic heterocycles. The monoisotopic (exact) mass is 712 g/mol. The topological polar surface area (TPSA) is 153 Å². The summed E-state index contributed by atoms with van der Waals surface area (Å²) in [6.07, 6.45) is 0.767. The maximum atomic E-state index is 10.8. The Balaban J connectivity index is 1.42. The smallest absolute Gasteiger partial charge is 0.142 e. The molecule has 0 fully saturated rings. The SMILES string of the molecule is NCc1cc(Cl)c(OCc2cccc(-c3cccc(OCCCN(CCO)CCO)c3)c2Br)cc1OCc1ccc(N=O)c(N)c1. The van der Waals surface area contributed by atoms with Crippen LogP contribution in [0, 0.1) is 4.91 Å². The summed E-state index contributed by atoms with van der Waals surface area (Å²) in [4.78, 5) is 12.8. The Bertz CT molecular complexity index is 1600. The number of hydrogen-bond donors (Lipinski definition) is 4. The van der Waals surface area contributed by atoms with Gasteiger partial charge in [0.25, 0.3) is 0 Å². The van der Waals surface area contributed by atoms with Crippen LogP contribution in [-0.4, -0.2) is 54.6 Å². The van der Waals surface area contributed by atoms with E-state index in [1.807, 2.05) is 47.4 Å². The second-order valence-corrected chi connectivity index (χ2v) is 11.7. The molecule has 46 heavy (non-hydrogen) atoms. The van der Waals surface area contributed by atoms with Gasteiger partial charge >= 0.3 is 0 Å². The Morgan fingerprint density at radius 1 is 0.848 bits per heavy atom. The molecule has 0 unspecified atom stereocenters. The zero-order chi connectivity index (χ0) is 32.9. The minimum absolute atomic E-state index is 0.0555. The van der Waals surface area contributed by atoms with Gasteiger partial charge in [-0.1, -0.05) is 48.0 Å². The number of hydrogen-bond acceptors (Lipinski definition) is 10. The van der Waals surface area contributed by atoms with Gasteiger partial charge in [0.15, 0.2) is 0 Å². The number of halogens is 2. The van der Waals surface area contributed by atoms with E-state index in [0.29, 0.717) is 36.2 Å². The molecule has 0 aliphatic carbocycles. The highest BCUT2D eigenvalue weighted by Crippen LogP contribution is 2.36. The molecule has 0 spiro atoms. The summed E-state index contributed by atoms with van der Waals surface area (Å²) in [7, 11) is 0. The first kappa shape index (κ1) is 35.1. The Hall–Kier alpha value is -3.71. The molecule has 0 atom stereocenters. The summed E-state index contributed by atoms with van der Waals surface area (Å²) >= 11 is 10.3. The number of nitroso groups, excluding NO2 is 1. The second-order valence-electron chi connectivity index (χ2n) is 10.5. The maximum Gasteiger partial charge on any atom is 0.142 e. The number of nitrogens with two attached hydrogens (primary N) is 2. The van der Waals surface area contributed by atoms with Gasteiger partial charge in [-0.15, -0.1) is 4.91 Å². The summed E-state index contributed by atoms with van der Waals surface area (Å²) in [6, 6.07) is 22.2. The molecule has 4 aromatic carbocycles. The first-order valence-electron chi connectivity index (χ1n) is 14.8. The summed E-state index contributed by atoms with van der Waals surface area (Å²) < 4.78 is 19.1. The minimum Gasteiger partial charge on any atom is -0.494 e. The third-order valence-electron chi connectivity index (χ3n) is 7.25. The van der Waals surface area contributed by atoms with Crippen molar-refractivity contribution in [2.24, 2.45) is 10.9 Å². The number of aliphatic hydroxyl groups excluding tert-OH is 2. The van der Waals surface area contributed by atoms with Crippen molar-refractivity contribution in [2.45, 2.75) is 26.2 Å². The van der Waals surface area contributed by atoms with Crippen molar-refractivity contribution < 1.29 is 24.4 Å². The Morgan fingerprint density at radius 2 is 1.61 bits per heavy atom. The fourth-order valence-electron chi connectivity index (χ4n) is 4.84. The average Bonchev–Trinajstić information content (AvgIpc) is 3.06. The van der Waals surface area contributed by atoms with Crippen LogP contribution in [0.25, 0.3) is 11.1 Å². The molecular formula is C34H38BrClN4O6. The number of rotatable bonds is 18. The fraction of sp³-hybridized carbons (Fsp3) is 0.294. The zero-order valence-electron chi connectivity index (χ0n) is 25.3. The lowest BCUT2D eigenvalue weighted by Gasteiger charge is -2.20. The van der Waals surface area contributed by atoms with Crippen LogP contribution in [0.5, 0.6) is 17.2 Å². The van der Waals surface area contributed by atoms with Crippen LogP contribution in [-0.2, 0) is 19.8 Å². The van der Waals surface area contributed by atoms with E-state index in [1.165, 1.54) is 0 Å². The lowest BCUT2D eigenvalue weighted by atomic mass is 10.0. The van der Waals surface area contributed by atoms with Gasteiger partial charge in [-0.25, -0.2) is 0 Å². The third-order valence-corrected chi connectivity index (χ3v) is 8.48. The van der Waals surface area contributed by atoms with Crippen molar-refractivity contribution >= 4 is 38.9 Å². The normalized spacial score (nSPS) is 11.1. The first-order valence-corrected chi connectivity index (χ1v) is 16.0. The number of nitrogen functional groups attached to an aromatic ring is 1. The predicted octanol–water partition coefficient (Wildman–Crippen LogP) is 6.42. The standard InChI is InChI=1S/C34H38BrClN4O6/c35-34-25(5-2-7-28(34)24-4-1-6-27(17-24)44-15-3-10-40(11-13-41)12-14-42)22-46-33-19-32(26(20-37)18-29(33)36)45-21-23-8-9-31(39-43)30(38)16-23/h1-2,4-9,16-19,41-42H,3,10-15,20-22,37-38H2. The van der Waals surface area contributed by atoms with Crippen molar-refractivity contribution in [3.8, 4) is 28.4 Å². The first-order chi connectivity index (χ1) is 22.4. The van der Waals surface area contributed by atoms with Crippen molar-refractivity contribution in [3.63, 3.8) is 0 Å². The van der Waals surface area contributed by atoms with Crippen LogP contribution in [0.3, 0.4) is 0 Å². The van der Waals surface area contributed by atoms with E-state index in [2.05, 4.69) is 21.1 Å². The van der Waals surface area contributed by atoms with Gasteiger partial charge in [0.2, 0.25) is 0 Å². The molecule has 4 aromatic rings. The van der Waals surface area contributed by atoms with Crippen LogP contribution >= 0.6 is 27.5 Å². The van der Waals surface area contributed by atoms with Crippen LogP contribution in [0.4, 0.5) is 11.4 Å². The van der Waals surface area contributed by atoms with Gasteiger partial charge in [0, 0.05) is 47.8 Å². The number of aliphatic hydroxyl groups is 2. The molecule has 0 amide bonds. The van der Waals surface area contributed by atoms with Crippen LogP contribution in [0.15, 0.2) is 82.4 Å². The lowest BCUT2D eigenvalue weighted by Crippen LogP contribution is -2.31. The molecule has 0 saturated carbocycles. The minimum atomic E-state index is 0.0555.